The third kappa shape index (κ3) is 3.29. The molecule has 0 saturated heterocycles. The molecular weight excluding hydrogens is 328 g/mol. The largest absolute Gasteiger partial charge is 0.495 e. The molecule has 2 aromatic rings. The van der Waals surface area contributed by atoms with Crippen LogP contribution in [0, 0.1) is 12.3 Å². The number of nitrogens with one attached hydrogen (secondary N) is 1. The molecule has 1 aliphatic carbocycles. The SMILES string of the molecule is CCN(C(=O)C1(C(=O)Nc2cc(C)ccc2OC)CC1)c1ccccc1. The van der Waals surface area contributed by atoms with E-state index >= 15 is 0 Å². The smallest absolute Gasteiger partial charge is 0.242 e. The predicted octanol–water partition coefficient (Wildman–Crippen LogP) is 3.78. The number of amides is 2. The maximum Gasteiger partial charge on any atom is 0.242 e. The van der Waals surface area contributed by atoms with Crippen LogP contribution in [-0.4, -0.2) is 25.5 Å². The van der Waals surface area contributed by atoms with Gasteiger partial charge in [0.15, 0.2) is 0 Å². The van der Waals surface area contributed by atoms with E-state index in [1.165, 1.54) is 0 Å². The second-order valence-electron chi connectivity index (χ2n) is 6.62. The summed E-state index contributed by atoms with van der Waals surface area (Å²) in [7, 11) is 1.56. The number of methoxy groups -OCH3 is 1. The first-order chi connectivity index (χ1) is 12.5. The molecule has 2 aromatic carbocycles. The number of aryl methyl sites for hydroxylation is 1. The number of carbonyl (C=O) groups excluding carboxylic acids is 2. The fourth-order valence-electron chi connectivity index (χ4n) is 3.13. The van der Waals surface area contributed by atoms with Gasteiger partial charge in [0, 0.05) is 12.2 Å². The zero-order valence-corrected chi connectivity index (χ0v) is 15.4. The molecule has 1 N–H and O–H groups in total. The Bertz CT molecular complexity index is 813. The van der Waals surface area contributed by atoms with Crippen LogP contribution in [0.2, 0.25) is 0 Å². The van der Waals surface area contributed by atoms with E-state index in [2.05, 4.69) is 5.32 Å². The van der Waals surface area contributed by atoms with Gasteiger partial charge in [-0.3, -0.25) is 9.59 Å². The summed E-state index contributed by atoms with van der Waals surface area (Å²) in [5, 5.41) is 2.90. The Balaban J connectivity index is 1.83. The van der Waals surface area contributed by atoms with Crippen molar-refractivity contribution in [2.45, 2.75) is 26.7 Å². The van der Waals surface area contributed by atoms with Crippen LogP contribution < -0.4 is 15.0 Å². The first-order valence-electron chi connectivity index (χ1n) is 8.85. The van der Waals surface area contributed by atoms with Crippen molar-refractivity contribution in [2.75, 3.05) is 23.9 Å². The lowest BCUT2D eigenvalue weighted by Crippen LogP contribution is -2.43. The topological polar surface area (TPSA) is 58.6 Å². The van der Waals surface area contributed by atoms with Crippen LogP contribution >= 0.6 is 0 Å². The Morgan fingerprint density at radius 3 is 2.42 bits per heavy atom. The molecule has 26 heavy (non-hydrogen) atoms. The van der Waals surface area contributed by atoms with E-state index in [0.717, 1.165) is 11.3 Å². The summed E-state index contributed by atoms with van der Waals surface area (Å²) in [5.74, 6) is 0.179. The van der Waals surface area contributed by atoms with Crippen LogP contribution in [0.1, 0.15) is 25.3 Å². The van der Waals surface area contributed by atoms with Crippen molar-refractivity contribution in [2.24, 2.45) is 5.41 Å². The molecule has 2 amide bonds. The molecule has 0 radical (unpaired) electrons. The van der Waals surface area contributed by atoms with Crippen molar-refractivity contribution < 1.29 is 14.3 Å². The second kappa shape index (κ2) is 7.20. The highest BCUT2D eigenvalue weighted by atomic mass is 16.5. The summed E-state index contributed by atoms with van der Waals surface area (Å²) < 4.78 is 5.32. The number of benzene rings is 2. The molecule has 0 atom stereocenters. The Morgan fingerprint density at radius 2 is 1.85 bits per heavy atom. The highest BCUT2D eigenvalue weighted by Gasteiger charge is 2.58. The van der Waals surface area contributed by atoms with Gasteiger partial charge in [0.1, 0.15) is 11.2 Å². The standard InChI is InChI=1S/C21H24N2O3/c1-4-23(16-8-6-5-7-9-16)20(25)21(12-13-21)19(24)22-17-14-15(2)10-11-18(17)26-3/h5-11,14H,4,12-13H2,1-3H3,(H,22,24). The van der Waals surface area contributed by atoms with Crippen LogP contribution in [0.3, 0.4) is 0 Å². The van der Waals surface area contributed by atoms with Gasteiger partial charge >= 0.3 is 0 Å². The third-order valence-electron chi connectivity index (χ3n) is 4.83. The predicted molar refractivity (Wildman–Crippen MR) is 102 cm³/mol. The summed E-state index contributed by atoms with van der Waals surface area (Å²) in [4.78, 5) is 27.8. The molecule has 0 aliphatic heterocycles. The van der Waals surface area contributed by atoms with Gasteiger partial charge in [-0.25, -0.2) is 0 Å². The van der Waals surface area contributed by atoms with Gasteiger partial charge < -0.3 is 15.0 Å². The molecule has 0 spiro atoms. The zero-order valence-electron chi connectivity index (χ0n) is 15.4. The van der Waals surface area contributed by atoms with Crippen molar-refractivity contribution >= 4 is 23.2 Å². The lowest BCUT2D eigenvalue weighted by atomic mass is 10.0. The molecule has 5 heteroatoms. The van der Waals surface area contributed by atoms with Crippen molar-refractivity contribution in [3.63, 3.8) is 0 Å². The van der Waals surface area contributed by atoms with Crippen molar-refractivity contribution in [1.82, 2.24) is 0 Å². The number of anilines is 2. The molecule has 1 aliphatic rings. The summed E-state index contributed by atoms with van der Waals surface area (Å²) >= 11 is 0. The van der Waals surface area contributed by atoms with Gasteiger partial charge in [0.2, 0.25) is 11.8 Å². The first-order valence-corrected chi connectivity index (χ1v) is 8.85. The third-order valence-corrected chi connectivity index (χ3v) is 4.83. The average molecular weight is 352 g/mol. The monoisotopic (exact) mass is 352 g/mol. The highest BCUT2D eigenvalue weighted by molar-refractivity contribution is 6.17. The molecule has 1 saturated carbocycles. The van der Waals surface area contributed by atoms with Gasteiger partial charge in [-0.1, -0.05) is 24.3 Å². The van der Waals surface area contributed by atoms with Crippen LogP contribution in [-0.2, 0) is 9.59 Å². The Morgan fingerprint density at radius 1 is 1.15 bits per heavy atom. The van der Waals surface area contributed by atoms with Gasteiger partial charge in [-0.15, -0.1) is 0 Å². The Labute approximate surface area is 154 Å². The van der Waals surface area contributed by atoms with Crippen LogP contribution in [0.15, 0.2) is 48.5 Å². The number of rotatable bonds is 6. The summed E-state index contributed by atoms with van der Waals surface area (Å²) in [6.07, 6.45) is 1.13. The van der Waals surface area contributed by atoms with Gasteiger partial charge in [-0.05, 0) is 56.5 Å². The van der Waals surface area contributed by atoms with E-state index in [1.807, 2.05) is 62.4 Å². The molecule has 1 fully saturated rings. The van der Waals surface area contributed by atoms with Crippen LogP contribution in [0.25, 0.3) is 0 Å². The number of para-hydroxylation sites is 1. The minimum Gasteiger partial charge on any atom is -0.495 e. The lowest BCUT2D eigenvalue weighted by molar-refractivity contribution is -0.132. The fourth-order valence-corrected chi connectivity index (χ4v) is 3.13. The first kappa shape index (κ1) is 18.0. The van der Waals surface area contributed by atoms with Gasteiger partial charge in [0.25, 0.3) is 0 Å². The van der Waals surface area contributed by atoms with Crippen molar-refractivity contribution in [3.8, 4) is 5.75 Å². The van der Waals surface area contributed by atoms with E-state index < -0.39 is 5.41 Å². The van der Waals surface area contributed by atoms with Crippen LogP contribution in [0.5, 0.6) is 5.75 Å². The molecular formula is C21H24N2O3. The van der Waals surface area contributed by atoms with Gasteiger partial charge in [0.05, 0.1) is 12.8 Å². The van der Waals surface area contributed by atoms with Gasteiger partial charge in [-0.2, -0.15) is 0 Å². The molecule has 5 nitrogen and oxygen atoms in total. The number of hydrogen-bond acceptors (Lipinski definition) is 3. The van der Waals surface area contributed by atoms with E-state index in [-0.39, 0.29) is 11.8 Å². The zero-order chi connectivity index (χ0) is 18.7. The molecule has 0 aromatic heterocycles. The molecule has 0 heterocycles. The van der Waals surface area contributed by atoms with Crippen molar-refractivity contribution in [3.05, 3.63) is 54.1 Å². The Hall–Kier alpha value is -2.82. The Kier molecular flexibility index (Phi) is 4.98. The number of hydrogen-bond donors (Lipinski definition) is 1. The minimum absolute atomic E-state index is 0.143. The second-order valence-corrected chi connectivity index (χ2v) is 6.62. The molecule has 0 unspecified atom stereocenters. The van der Waals surface area contributed by atoms with E-state index in [0.29, 0.717) is 30.8 Å². The summed E-state index contributed by atoms with van der Waals surface area (Å²) in [6.45, 7) is 4.38. The average Bonchev–Trinajstić information content (AvgIpc) is 3.45. The maximum atomic E-state index is 13.1. The van der Waals surface area contributed by atoms with E-state index in [4.69, 9.17) is 4.74 Å². The summed E-state index contributed by atoms with van der Waals surface area (Å²) in [6, 6.07) is 15.1. The molecule has 136 valence electrons. The number of carbonyl (C=O) groups is 2. The normalized spacial score (nSPS) is 14.4. The minimum atomic E-state index is -0.986. The highest BCUT2D eigenvalue weighted by Crippen LogP contribution is 2.49. The van der Waals surface area contributed by atoms with Crippen molar-refractivity contribution in [1.29, 1.82) is 0 Å². The number of nitrogens with zero attached hydrogens (tertiary/aromatic N) is 1. The quantitative estimate of drug-likeness (QED) is 0.805. The maximum absolute atomic E-state index is 13.1. The van der Waals surface area contributed by atoms with Crippen LogP contribution in [0.4, 0.5) is 11.4 Å². The number of ether oxygens (including phenoxy) is 1. The molecule has 3 rings (SSSR count). The lowest BCUT2D eigenvalue weighted by Gasteiger charge is -2.26. The van der Waals surface area contributed by atoms with E-state index in [1.54, 1.807) is 12.0 Å². The fraction of sp³-hybridized carbons (Fsp3) is 0.333. The summed E-state index contributed by atoms with van der Waals surface area (Å²) in [5.41, 5.74) is 1.43. The van der Waals surface area contributed by atoms with E-state index in [9.17, 15) is 9.59 Å². The molecule has 0 bridgehead atoms.